The molecule has 0 aliphatic carbocycles. The maximum absolute atomic E-state index is 10.8. The third kappa shape index (κ3) is 8.35. The number of rotatable bonds is 10. The molecular formula is C15H23NO3. The van der Waals surface area contributed by atoms with Gasteiger partial charge in [-0.2, -0.15) is 0 Å². The van der Waals surface area contributed by atoms with Crippen LogP contribution in [0.5, 0.6) is 0 Å². The van der Waals surface area contributed by atoms with E-state index in [2.05, 4.69) is 29.6 Å². The van der Waals surface area contributed by atoms with Crippen molar-refractivity contribution in [3.63, 3.8) is 0 Å². The minimum Gasteiger partial charge on any atom is -0.463 e. The summed E-state index contributed by atoms with van der Waals surface area (Å²) in [4.78, 5) is 10.8. The van der Waals surface area contributed by atoms with E-state index in [1.807, 2.05) is 6.07 Å². The van der Waals surface area contributed by atoms with Gasteiger partial charge in [-0.1, -0.05) is 37.3 Å². The van der Waals surface area contributed by atoms with Crippen LogP contribution < -0.4 is 5.32 Å². The Morgan fingerprint density at radius 3 is 2.63 bits per heavy atom. The fraction of sp³-hybridized carbons (Fsp3) is 0.533. The van der Waals surface area contributed by atoms with Crippen molar-refractivity contribution in [2.45, 2.75) is 19.8 Å². The number of hydrogen-bond acceptors (Lipinski definition) is 4. The maximum atomic E-state index is 10.8. The van der Waals surface area contributed by atoms with Crippen molar-refractivity contribution in [2.75, 3.05) is 32.9 Å². The molecule has 1 aromatic rings. The van der Waals surface area contributed by atoms with Crippen molar-refractivity contribution in [3.8, 4) is 0 Å². The molecule has 0 aromatic heterocycles. The van der Waals surface area contributed by atoms with Crippen LogP contribution in [0, 0.1) is 0 Å². The highest BCUT2D eigenvalue weighted by Crippen LogP contribution is 1.97. The third-order valence-electron chi connectivity index (χ3n) is 2.64. The van der Waals surface area contributed by atoms with Crippen molar-refractivity contribution in [3.05, 3.63) is 35.9 Å². The third-order valence-corrected chi connectivity index (χ3v) is 2.64. The van der Waals surface area contributed by atoms with Crippen molar-refractivity contribution in [1.29, 1.82) is 0 Å². The Labute approximate surface area is 115 Å². The van der Waals surface area contributed by atoms with Crippen LogP contribution in [-0.4, -0.2) is 38.9 Å². The highest BCUT2D eigenvalue weighted by atomic mass is 16.6. The van der Waals surface area contributed by atoms with Gasteiger partial charge in [-0.15, -0.1) is 0 Å². The van der Waals surface area contributed by atoms with Crippen LogP contribution in [0.4, 0.5) is 0 Å². The van der Waals surface area contributed by atoms with Crippen LogP contribution in [0.2, 0.25) is 0 Å². The van der Waals surface area contributed by atoms with E-state index in [1.54, 1.807) is 6.92 Å². The van der Waals surface area contributed by atoms with Gasteiger partial charge in [0.2, 0.25) is 0 Å². The largest absolute Gasteiger partial charge is 0.463 e. The fourth-order valence-corrected chi connectivity index (χ4v) is 1.57. The van der Waals surface area contributed by atoms with Crippen LogP contribution in [0.3, 0.4) is 0 Å². The van der Waals surface area contributed by atoms with Crippen molar-refractivity contribution >= 4 is 5.97 Å². The fourth-order valence-electron chi connectivity index (χ4n) is 1.57. The summed E-state index contributed by atoms with van der Waals surface area (Å²) in [6.07, 6.45) is 1.44. The van der Waals surface area contributed by atoms with Gasteiger partial charge in [-0.05, 0) is 18.5 Å². The van der Waals surface area contributed by atoms with E-state index in [-0.39, 0.29) is 5.97 Å². The zero-order valence-electron chi connectivity index (χ0n) is 11.6. The van der Waals surface area contributed by atoms with E-state index in [1.165, 1.54) is 5.56 Å². The average Bonchev–Trinajstić information content (AvgIpc) is 2.46. The first-order valence-corrected chi connectivity index (χ1v) is 6.81. The van der Waals surface area contributed by atoms with E-state index >= 15 is 0 Å². The SMILES string of the molecule is CCC(=O)OCCOCCNCCc1ccccc1. The lowest BCUT2D eigenvalue weighted by molar-refractivity contribution is -0.144. The molecule has 0 bridgehead atoms. The molecule has 0 radical (unpaired) electrons. The molecule has 0 aliphatic heterocycles. The number of carbonyl (C=O) groups excluding carboxylic acids is 1. The predicted octanol–water partition coefficient (Wildman–Crippen LogP) is 1.79. The van der Waals surface area contributed by atoms with Crippen molar-refractivity contribution in [2.24, 2.45) is 0 Å². The lowest BCUT2D eigenvalue weighted by Gasteiger charge is -2.07. The van der Waals surface area contributed by atoms with Gasteiger partial charge in [-0.3, -0.25) is 4.79 Å². The summed E-state index contributed by atoms with van der Waals surface area (Å²) in [5, 5.41) is 3.31. The lowest BCUT2D eigenvalue weighted by atomic mass is 10.1. The number of ether oxygens (including phenoxy) is 2. The van der Waals surface area contributed by atoms with E-state index in [0.717, 1.165) is 19.5 Å². The van der Waals surface area contributed by atoms with Crippen LogP contribution in [0.1, 0.15) is 18.9 Å². The lowest BCUT2D eigenvalue weighted by Crippen LogP contribution is -2.23. The van der Waals surface area contributed by atoms with Crippen molar-refractivity contribution in [1.82, 2.24) is 5.32 Å². The molecule has 0 amide bonds. The smallest absolute Gasteiger partial charge is 0.305 e. The number of carbonyl (C=O) groups is 1. The minimum absolute atomic E-state index is 0.176. The van der Waals surface area contributed by atoms with Gasteiger partial charge >= 0.3 is 5.97 Å². The quantitative estimate of drug-likeness (QED) is 0.517. The summed E-state index contributed by atoms with van der Waals surface area (Å²) in [5.41, 5.74) is 1.34. The first-order valence-electron chi connectivity index (χ1n) is 6.81. The monoisotopic (exact) mass is 265 g/mol. The van der Waals surface area contributed by atoms with Gasteiger partial charge in [0.25, 0.3) is 0 Å². The van der Waals surface area contributed by atoms with Gasteiger partial charge in [-0.25, -0.2) is 0 Å². The zero-order chi connectivity index (χ0) is 13.8. The zero-order valence-corrected chi connectivity index (χ0v) is 11.6. The standard InChI is InChI=1S/C15H23NO3/c1-2-15(17)19-13-12-18-11-10-16-9-8-14-6-4-3-5-7-14/h3-7,16H,2,8-13H2,1H3. The van der Waals surface area contributed by atoms with E-state index < -0.39 is 0 Å². The Balaban J connectivity index is 1.85. The summed E-state index contributed by atoms with van der Waals surface area (Å²) < 4.78 is 10.2. The molecule has 106 valence electrons. The molecule has 4 nitrogen and oxygen atoms in total. The second-order valence-corrected chi connectivity index (χ2v) is 4.17. The van der Waals surface area contributed by atoms with Crippen LogP contribution >= 0.6 is 0 Å². The van der Waals surface area contributed by atoms with Crippen molar-refractivity contribution < 1.29 is 14.3 Å². The Bertz CT molecular complexity index is 341. The summed E-state index contributed by atoms with van der Waals surface area (Å²) in [7, 11) is 0. The minimum atomic E-state index is -0.176. The molecule has 0 saturated heterocycles. The Kier molecular flexibility index (Phi) is 8.68. The molecule has 0 aliphatic rings. The number of benzene rings is 1. The second kappa shape index (κ2) is 10.5. The second-order valence-electron chi connectivity index (χ2n) is 4.17. The molecule has 1 N–H and O–H groups in total. The first kappa shape index (κ1) is 15.7. The molecule has 0 unspecified atom stereocenters. The topological polar surface area (TPSA) is 47.6 Å². The molecule has 4 heteroatoms. The van der Waals surface area contributed by atoms with Gasteiger partial charge in [0.15, 0.2) is 0 Å². The first-order chi connectivity index (χ1) is 9.33. The van der Waals surface area contributed by atoms with E-state index in [4.69, 9.17) is 9.47 Å². The van der Waals surface area contributed by atoms with Gasteiger partial charge in [0.05, 0.1) is 13.2 Å². The molecule has 1 rings (SSSR count). The number of hydrogen-bond donors (Lipinski definition) is 1. The normalized spacial score (nSPS) is 10.4. The summed E-state index contributed by atoms with van der Waals surface area (Å²) in [5.74, 6) is -0.176. The summed E-state index contributed by atoms with van der Waals surface area (Å²) >= 11 is 0. The highest BCUT2D eigenvalue weighted by molar-refractivity contribution is 5.68. The van der Waals surface area contributed by atoms with Crippen LogP contribution in [0.25, 0.3) is 0 Å². The molecule has 0 heterocycles. The van der Waals surface area contributed by atoms with E-state index in [0.29, 0.717) is 26.2 Å². The van der Waals surface area contributed by atoms with Crippen LogP contribution in [0.15, 0.2) is 30.3 Å². The summed E-state index contributed by atoms with van der Waals surface area (Å²) in [6, 6.07) is 10.4. The van der Waals surface area contributed by atoms with Gasteiger partial charge < -0.3 is 14.8 Å². The molecule has 0 saturated carbocycles. The number of nitrogens with one attached hydrogen (secondary N) is 1. The molecule has 0 spiro atoms. The number of esters is 1. The molecule has 19 heavy (non-hydrogen) atoms. The van der Waals surface area contributed by atoms with Gasteiger partial charge in [0.1, 0.15) is 6.61 Å². The highest BCUT2D eigenvalue weighted by Gasteiger charge is 1.97. The average molecular weight is 265 g/mol. The predicted molar refractivity (Wildman–Crippen MR) is 75.1 cm³/mol. The summed E-state index contributed by atoms with van der Waals surface area (Å²) in [6.45, 7) is 4.98. The van der Waals surface area contributed by atoms with Crippen LogP contribution in [-0.2, 0) is 20.7 Å². The Morgan fingerprint density at radius 1 is 1.11 bits per heavy atom. The molecule has 0 atom stereocenters. The molecule has 1 aromatic carbocycles. The Hall–Kier alpha value is -1.39. The molecular weight excluding hydrogens is 242 g/mol. The van der Waals surface area contributed by atoms with Gasteiger partial charge in [0, 0.05) is 13.0 Å². The Morgan fingerprint density at radius 2 is 1.89 bits per heavy atom. The molecule has 0 fully saturated rings. The van der Waals surface area contributed by atoms with E-state index in [9.17, 15) is 4.79 Å². The maximum Gasteiger partial charge on any atom is 0.305 e.